The smallest absolute Gasteiger partial charge is 0.251 e. The van der Waals surface area contributed by atoms with Crippen molar-refractivity contribution in [1.29, 1.82) is 0 Å². The largest absolute Gasteiger partial charge is 0.497 e. The Hall–Kier alpha value is -2.04. The maximum atomic E-state index is 12.5. The average Bonchev–Trinajstić information content (AvgIpc) is 3.35. The van der Waals surface area contributed by atoms with Crippen LogP contribution in [0.3, 0.4) is 0 Å². The number of ether oxygens (including phenoxy) is 1. The third-order valence-electron chi connectivity index (χ3n) is 5.94. The predicted molar refractivity (Wildman–Crippen MR) is 89.8 cm³/mol. The van der Waals surface area contributed by atoms with E-state index >= 15 is 0 Å². The third-order valence-corrected chi connectivity index (χ3v) is 5.94. The Labute approximate surface area is 142 Å². The molecule has 1 N–H and O–H groups in total. The van der Waals surface area contributed by atoms with Crippen LogP contribution in [0.15, 0.2) is 24.3 Å². The van der Waals surface area contributed by atoms with Gasteiger partial charge in [0.05, 0.1) is 13.7 Å². The lowest BCUT2D eigenvalue weighted by atomic mass is 9.56. The van der Waals surface area contributed by atoms with E-state index in [0.29, 0.717) is 28.7 Å². The van der Waals surface area contributed by atoms with Gasteiger partial charge in [0.2, 0.25) is 5.91 Å². The number of benzene rings is 1. The highest BCUT2D eigenvalue weighted by Gasteiger charge is 2.61. The van der Waals surface area contributed by atoms with Gasteiger partial charge in [-0.3, -0.25) is 9.59 Å². The van der Waals surface area contributed by atoms with Gasteiger partial charge in [0.15, 0.2) is 0 Å². The second-order valence-corrected chi connectivity index (χ2v) is 7.43. The van der Waals surface area contributed by atoms with Crippen molar-refractivity contribution >= 4 is 11.8 Å². The molecule has 1 aromatic rings. The van der Waals surface area contributed by atoms with Crippen LogP contribution in [0.5, 0.6) is 5.75 Å². The number of carbonyl (C=O) groups excluding carboxylic acids is 2. The zero-order chi connectivity index (χ0) is 16.7. The van der Waals surface area contributed by atoms with Crippen molar-refractivity contribution in [3.63, 3.8) is 0 Å². The molecule has 1 aliphatic heterocycles. The Morgan fingerprint density at radius 2 is 1.96 bits per heavy atom. The van der Waals surface area contributed by atoms with Gasteiger partial charge in [-0.05, 0) is 55.9 Å². The lowest BCUT2D eigenvalue weighted by molar-refractivity contribution is -0.170. The van der Waals surface area contributed by atoms with Gasteiger partial charge in [0.1, 0.15) is 5.75 Å². The summed E-state index contributed by atoms with van der Waals surface area (Å²) in [5.74, 6) is 1.26. The molecule has 128 valence electrons. The van der Waals surface area contributed by atoms with E-state index in [2.05, 4.69) is 5.32 Å². The quantitative estimate of drug-likeness (QED) is 0.901. The first-order valence-electron chi connectivity index (χ1n) is 8.85. The van der Waals surface area contributed by atoms with Gasteiger partial charge in [-0.1, -0.05) is 6.42 Å². The van der Waals surface area contributed by atoms with Crippen LogP contribution in [0.2, 0.25) is 0 Å². The number of rotatable bonds is 5. The zero-order valence-electron chi connectivity index (χ0n) is 14.1. The van der Waals surface area contributed by atoms with Crippen molar-refractivity contribution in [2.24, 2.45) is 11.3 Å². The fourth-order valence-electron chi connectivity index (χ4n) is 4.35. The number of amides is 2. The molecule has 0 radical (unpaired) electrons. The highest BCUT2D eigenvalue weighted by atomic mass is 16.5. The lowest BCUT2D eigenvalue weighted by Crippen LogP contribution is -2.70. The second-order valence-electron chi connectivity index (χ2n) is 7.43. The first-order chi connectivity index (χ1) is 11.6. The summed E-state index contributed by atoms with van der Waals surface area (Å²) in [7, 11) is 1.59. The average molecular weight is 328 g/mol. The van der Waals surface area contributed by atoms with Crippen molar-refractivity contribution in [3.05, 3.63) is 29.8 Å². The number of hydrogen-bond donors (Lipinski definition) is 1. The molecular weight excluding hydrogens is 304 g/mol. The molecule has 1 unspecified atom stereocenters. The predicted octanol–water partition coefficient (Wildman–Crippen LogP) is 2.22. The van der Waals surface area contributed by atoms with Crippen LogP contribution in [0.1, 0.15) is 42.5 Å². The van der Waals surface area contributed by atoms with E-state index in [1.165, 1.54) is 32.1 Å². The number of methoxy groups -OCH3 is 1. The Bertz CT molecular complexity index is 647. The Balaban J connectivity index is 1.32. The Kier molecular flexibility index (Phi) is 3.74. The molecule has 3 aliphatic rings. The topological polar surface area (TPSA) is 58.6 Å². The molecule has 5 heteroatoms. The summed E-state index contributed by atoms with van der Waals surface area (Å²) in [5.41, 5.74) is 0.970. The van der Waals surface area contributed by atoms with Gasteiger partial charge in [-0.2, -0.15) is 0 Å². The molecule has 0 bridgehead atoms. The summed E-state index contributed by atoms with van der Waals surface area (Å²) in [6, 6.07) is 7.35. The van der Waals surface area contributed by atoms with Crippen LogP contribution < -0.4 is 10.1 Å². The van der Waals surface area contributed by atoms with Crippen molar-refractivity contribution < 1.29 is 14.3 Å². The van der Waals surface area contributed by atoms with E-state index in [4.69, 9.17) is 4.74 Å². The van der Waals surface area contributed by atoms with Gasteiger partial charge in [0.25, 0.3) is 5.91 Å². The van der Waals surface area contributed by atoms with Crippen molar-refractivity contribution in [2.75, 3.05) is 20.2 Å². The van der Waals surface area contributed by atoms with Crippen LogP contribution in [0.25, 0.3) is 0 Å². The van der Waals surface area contributed by atoms with Crippen molar-refractivity contribution in [2.45, 2.75) is 38.1 Å². The maximum absolute atomic E-state index is 12.5. The standard InChI is InChI=1S/C19H24N2O3/c1-24-15-7-5-14(6-8-15)18(23)20-11-16(22)21-12-19(9-2-10-19)17(21)13-3-4-13/h5-8,13,17H,2-4,9-12H2,1H3,(H,20,23). The number of likely N-dealkylation sites (tertiary alicyclic amines) is 1. The van der Waals surface area contributed by atoms with E-state index in [1.807, 2.05) is 4.90 Å². The van der Waals surface area contributed by atoms with Crippen molar-refractivity contribution in [3.8, 4) is 5.75 Å². The summed E-state index contributed by atoms with van der Waals surface area (Å²) in [6.07, 6.45) is 6.37. The molecule has 2 amide bonds. The van der Waals surface area contributed by atoms with Crippen LogP contribution in [-0.4, -0.2) is 43.0 Å². The van der Waals surface area contributed by atoms with Crippen LogP contribution in [0, 0.1) is 11.3 Å². The molecule has 24 heavy (non-hydrogen) atoms. The SMILES string of the molecule is COc1ccc(C(=O)NCC(=O)N2CC3(CCC3)C2C2CC2)cc1. The fourth-order valence-corrected chi connectivity index (χ4v) is 4.35. The number of nitrogens with zero attached hydrogens (tertiary/aromatic N) is 1. The van der Waals surface area contributed by atoms with Gasteiger partial charge < -0.3 is 15.0 Å². The molecule has 3 fully saturated rings. The van der Waals surface area contributed by atoms with E-state index in [1.54, 1.807) is 31.4 Å². The van der Waals surface area contributed by atoms with Crippen LogP contribution in [-0.2, 0) is 4.79 Å². The minimum absolute atomic E-state index is 0.0614. The summed E-state index contributed by atoms with van der Waals surface area (Å²) in [6.45, 7) is 0.982. The zero-order valence-corrected chi connectivity index (χ0v) is 14.1. The highest BCUT2D eigenvalue weighted by molar-refractivity contribution is 5.96. The molecule has 5 nitrogen and oxygen atoms in total. The molecule has 2 aliphatic carbocycles. The minimum Gasteiger partial charge on any atom is -0.497 e. The maximum Gasteiger partial charge on any atom is 0.251 e. The first-order valence-corrected chi connectivity index (χ1v) is 8.85. The van der Waals surface area contributed by atoms with Crippen molar-refractivity contribution in [1.82, 2.24) is 10.2 Å². The fraction of sp³-hybridized carbons (Fsp3) is 0.579. The van der Waals surface area contributed by atoms with E-state index in [-0.39, 0.29) is 18.4 Å². The lowest BCUT2D eigenvalue weighted by Gasteiger charge is -2.63. The molecule has 1 saturated heterocycles. The molecule has 1 atom stereocenters. The normalized spacial score (nSPS) is 24.0. The summed E-state index contributed by atoms with van der Waals surface area (Å²) in [5, 5.41) is 2.76. The molecular formula is C19H24N2O3. The highest BCUT2D eigenvalue weighted by Crippen LogP contribution is 2.59. The van der Waals surface area contributed by atoms with E-state index in [0.717, 1.165) is 6.54 Å². The molecule has 1 aromatic carbocycles. The summed E-state index contributed by atoms with van der Waals surface area (Å²) in [4.78, 5) is 26.7. The molecule has 1 heterocycles. The molecule has 2 saturated carbocycles. The minimum atomic E-state index is -0.215. The Morgan fingerprint density at radius 3 is 2.50 bits per heavy atom. The third kappa shape index (κ3) is 2.56. The van der Waals surface area contributed by atoms with Crippen LogP contribution in [0.4, 0.5) is 0 Å². The van der Waals surface area contributed by atoms with E-state index in [9.17, 15) is 9.59 Å². The number of hydrogen-bond acceptors (Lipinski definition) is 3. The molecule has 0 aromatic heterocycles. The molecule has 1 spiro atoms. The second kappa shape index (κ2) is 5.80. The van der Waals surface area contributed by atoms with Gasteiger partial charge >= 0.3 is 0 Å². The van der Waals surface area contributed by atoms with E-state index < -0.39 is 0 Å². The van der Waals surface area contributed by atoms with Gasteiger partial charge in [0, 0.05) is 23.6 Å². The number of carbonyl (C=O) groups is 2. The monoisotopic (exact) mass is 328 g/mol. The summed E-state index contributed by atoms with van der Waals surface area (Å²) < 4.78 is 5.08. The molecule has 4 rings (SSSR count). The van der Waals surface area contributed by atoms with Gasteiger partial charge in [-0.25, -0.2) is 0 Å². The number of nitrogens with one attached hydrogen (secondary N) is 1. The Morgan fingerprint density at radius 1 is 1.25 bits per heavy atom. The van der Waals surface area contributed by atoms with Gasteiger partial charge in [-0.15, -0.1) is 0 Å². The van der Waals surface area contributed by atoms with Crippen LogP contribution >= 0.6 is 0 Å². The summed E-state index contributed by atoms with van der Waals surface area (Å²) >= 11 is 0. The first kappa shape index (κ1) is 15.5.